The molecule has 0 radical (unpaired) electrons. The maximum atomic E-state index is 9.59. The molecule has 0 aliphatic rings. The molecule has 0 saturated heterocycles. The fraction of sp³-hybridized carbons (Fsp3) is 0.750. The normalized spacial score (nSPS) is 15.4. The van der Waals surface area contributed by atoms with E-state index in [9.17, 15) is 5.11 Å². The number of thiazole rings is 1. The summed E-state index contributed by atoms with van der Waals surface area (Å²) in [4.78, 5) is 4.45. The topological polar surface area (TPSA) is 59.1 Å². The van der Waals surface area contributed by atoms with Gasteiger partial charge in [-0.1, -0.05) is 13.8 Å². The fourth-order valence-electron chi connectivity index (χ4n) is 2.08. The quantitative estimate of drug-likeness (QED) is 0.802. The van der Waals surface area contributed by atoms with Crippen molar-refractivity contribution in [3.63, 3.8) is 0 Å². The van der Waals surface area contributed by atoms with Crippen molar-refractivity contribution in [2.45, 2.75) is 33.6 Å². The van der Waals surface area contributed by atoms with Crippen molar-refractivity contribution in [3.05, 3.63) is 16.1 Å². The second-order valence-corrected chi connectivity index (χ2v) is 5.96. The van der Waals surface area contributed by atoms with Crippen LogP contribution in [0.5, 0.6) is 0 Å². The maximum absolute atomic E-state index is 9.59. The largest absolute Gasteiger partial charge is 0.396 e. The third-order valence-corrected chi connectivity index (χ3v) is 3.77. The van der Waals surface area contributed by atoms with Crippen molar-refractivity contribution in [3.8, 4) is 0 Å². The molecule has 3 N–H and O–H groups in total. The molecule has 1 unspecified atom stereocenters. The standard InChI is InChI=1S/C12H22N2OS/c1-9(2)4-12(7-13,8-15)5-11-14-10(3)6-16-11/h6,9,15H,4-5,7-8,13H2,1-3H3. The third-order valence-electron chi connectivity index (χ3n) is 2.80. The fourth-order valence-corrected chi connectivity index (χ4v) is 3.03. The first-order valence-corrected chi connectivity index (χ1v) is 6.61. The molecule has 0 amide bonds. The van der Waals surface area contributed by atoms with E-state index in [1.165, 1.54) is 0 Å². The molecule has 1 aromatic rings. The highest BCUT2D eigenvalue weighted by molar-refractivity contribution is 7.09. The van der Waals surface area contributed by atoms with Crippen LogP contribution in [0.25, 0.3) is 0 Å². The van der Waals surface area contributed by atoms with Crippen molar-refractivity contribution < 1.29 is 5.11 Å². The Bertz CT molecular complexity index is 319. The Morgan fingerprint density at radius 2 is 2.25 bits per heavy atom. The highest BCUT2D eigenvalue weighted by atomic mass is 32.1. The molecule has 1 atom stereocenters. The summed E-state index contributed by atoms with van der Waals surface area (Å²) >= 11 is 1.66. The summed E-state index contributed by atoms with van der Waals surface area (Å²) < 4.78 is 0. The van der Waals surface area contributed by atoms with Gasteiger partial charge in [0.15, 0.2) is 0 Å². The summed E-state index contributed by atoms with van der Waals surface area (Å²) in [6, 6.07) is 0. The Morgan fingerprint density at radius 3 is 2.62 bits per heavy atom. The Hall–Kier alpha value is -0.450. The van der Waals surface area contributed by atoms with Gasteiger partial charge in [0.25, 0.3) is 0 Å². The van der Waals surface area contributed by atoms with E-state index in [1.807, 2.05) is 12.3 Å². The lowest BCUT2D eigenvalue weighted by molar-refractivity contribution is 0.108. The van der Waals surface area contributed by atoms with Gasteiger partial charge in [-0.3, -0.25) is 0 Å². The molecule has 0 spiro atoms. The summed E-state index contributed by atoms with van der Waals surface area (Å²) in [5.41, 5.74) is 6.69. The SMILES string of the molecule is Cc1csc(CC(CN)(CO)CC(C)C)n1. The van der Waals surface area contributed by atoms with Gasteiger partial charge in [0.1, 0.15) is 0 Å². The van der Waals surface area contributed by atoms with Gasteiger partial charge in [0.2, 0.25) is 0 Å². The van der Waals surface area contributed by atoms with Gasteiger partial charge in [0, 0.05) is 29.5 Å². The zero-order valence-electron chi connectivity index (χ0n) is 10.4. The van der Waals surface area contributed by atoms with E-state index in [4.69, 9.17) is 5.73 Å². The molecular weight excluding hydrogens is 220 g/mol. The van der Waals surface area contributed by atoms with Crippen LogP contribution in [0.4, 0.5) is 0 Å². The minimum Gasteiger partial charge on any atom is -0.396 e. The first kappa shape index (κ1) is 13.6. The number of aliphatic hydroxyl groups excluding tert-OH is 1. The number of hydrogen-bond donors (Lipinski definition) is 2. The minimum atomic E-state index is -0.196. The highest BCUT2D eigenvalue weighted by Crippen LogP contribution is 2.30. The highest BCUT2D eigenvalue weighted by Gasteiger charge is 2.30. The van der Waals surface area contributed by atoms with E-state index in [1.54, 1.807) is 11.3 Å². The Labute approximate surface area is 102 Å². The summed E-state index contributed by atoms with van der Waals surface area (Å²) in [7, 11) is 0. The predicted molar refractivity (Wildman–Crippen MR) is 68.6 cm³/mol. The molecule has 0 fully saturated rings. The molecule has 1 aromatic heterocycles. The van der Waals surface area contributed by atoms with Crippen LogP contribution in [-0.2, 0) is 6.42 Å². The number of rotatable bonds is 6. The van der Waals surface area contributed by atoms with Crippen LogP contribution >= 0.6 is 11.3 Å². The number of nitrogens with two attached hydrogens (primary N) is 1. The maximum Gasteiger partial charge on any atom is 0.0935 e. The summed E-state index contributed by atoms with van der Waals surface area (Å²) in [6.45, 7) is 6.96. The Morgan fingerprint density at radius 1 is 1.56 bits per heavy atom. The number of nitrogens with zero attached hydrogens (tertiary/aromatic N) is 1. The average Bonchev–Trinajstić information content (AvgIpc) is 2.62. The summed E-state index contributed by atoms with van der Waals surface area (Å²) in [5, 5.41) is 12.7. The predicted octanol–water partition coefficient (Wildman–Crippen LogP) is 1.98. The second kappa shape index (κ2) is 5.75. The number of hydrogen-bond acceptors (Lipinski definition) is 4. The van der Waals surface area contributed by atoms with Crippen LogP contribution in [-0.4, -0.2) is 23.2 Å². The van der Waals surface area contributed by atoms with E-state index in [2.05, 4.69) is 18.8 Å². The molecule has 0 aromatic carbocycles. The van der Waals surface area contributed by atoms with Gasteiger partial charge in [-0.15, -0.1) is 11.3 Å². The number of aryl methyl sites for hydroxylation is 1. The van der Waals surface area contributed by atoms with Crippen LogP contribution in [0, 0.1) is 18.3 Å². The lowest BCUT2D eigenvalue weighted by Crippen LogP contribution is -2.37. The average molecular weight is 242 g/mol. The van der Waals surface area contributed by atoms with E-state index in [0.717, 1.165) is 23.5 Å². The minimum absolute atomic E-state index is 0.139. The lowest BCUT2D eigenvalue weighted by Gasteiger charge is -2.31. The zero-order valence-corrected chi connectivity index (χ0v) is 11.2. The number of aliphatic hydroxyl groups is 1. The smallest absolute Gasteiger partial charge is 0.0935 e. The number of aromatic nitrogens is 1. The molecule has 0 saturated carbocycles. The van der Waals surface area contributed by atoms with E-state index < -0.39 is 0 Å². The molecule has 92 valence electrons. The van der Waals surface area contributed by atoms with Crippen LogP contribution < -0.4 is 5.73 Å². The molecule has 16 heavy (non-hydrogen) atoms. The molecule has 4 heteroatoms. The lowest BCUT2D eigenvalue weighted by atomic mass is 9.78. The Kier molecular flexibility index (Phi) is 4.89. The molecule has 0 aliphatic carbocycles. The van der Waals surface area contributed by atoms with E-state index in [0.29, 0.717) is 12.5 Å². The molecule has 3 nitrogen and oxygen atoms in total. The van der Waals surface area contributed by atoms with Crippen molar-refractivity contribution in [1.29, 1.82) is 0 Å². The van der Waals surface area contributed by atoms with Crippen molar-refractivity contribution in [2.24, 2.45) is 17.1 Å². The van der Waals surface area contributed by atoms with E-state index in [-0.39, 0.29) is 12.0 Å². The molecule has 1 heterocycles. The summed E-state index contributed by atoms with van der Waals surface area (Å²) in [5.74, 6) is 0.539. The van der Waals surface area contributed by atoms with Crippen LogP contribution in [0.3, 0.4) is 0 Å². The Balaban J connectivity index is 2.77. The van der Waals surface area contributed by atoms with Gasteiger partial charge in [-0.25, -0.2) is 4.98 Å². The van der Waals surface area contributed by atoms with Gasteiger partial charge in [0.05, 0.1) is 11.6 Å². The third kappa shape index (κ3) is 3.54. The first-order chi connectivity index (χ1) is 7.51. The van der Waals surface area contributed by atoms with Gasteiger partial charge in [-0.05, 0) is 19.3 Å². The van der Waals surface area contributed by atoms with Crippen molar-refractivity contribution in [1.82, 2.24) is 4.98 Å². The zero-order chi connectivity index (χ0) is 12.2. The molecule has 0 bridgehead atoms. The monoisotopic (exact) mass is 242 g/mol. The summed E-state index contributed by atoms with van der Waals surface area (Å²) in [6.07, 6.45) is 1.73. The van der Waals surface area contributed by atoms with Crippen LogP contribution in [0.15, 0.2) is 5.38 Å². The van der Waals surface area contributed by atoms with Gasteiger partial charge >= 0.3 is 0 Å². The van der Waals surface area contributed by atoms with Crippen molar-refractivity contribution >= 4 is 11.3 Å². The van der Waals surface area contributed by atoms with Gasteiger partial charge in [-0.2, -0.15) is 0 Å². The molecule has 0 aliphatic heterocycles. The first-order valence-electron chi connectivity index (χ1n) is 5.73. The van der Waals surface area contributed by atoms with Gasteiger partial charge < -0.3 is 10.8 Å². The second-order valence-electron chi connectivity index (χ2n) is 5.02. The van der Waals surface area contributed by atoms with E-state index >= 15 is 0 Å². The molecule has 1 rings (SSSR count). The van der Waals surface area contributed by atoms with Crippen molar-refractivity contribution in [2.75, 3.05) is 13.2 Å². The molecular formula is C12H22N2OS. The van der Waals surface area contributed by atoms with Crippen LogP contribution in [0.2, 0.25) is 0 Å². The van der Waals surface area contributed by atoms with Crippen LogP contribution in [0.1, 0.15) is 31.0 Å².